The maximum Gasteiger partial charge on any atom is 0.259 e. The predicted octanol–water partition coefficient (Wildman–Crippen LogP) is 2.23. The van der Waals surface area contributed by atoms with Crippen molar-refractivity contribution in [2.45, 2.75) is 6.92 Å². The average Bonchev–Trinajstić information content (AvgIpc) is 2.57. The number of halogens is 1. The normalized spacial score (nSPS) is 10.6. The fourth-order valence-corrected chi connectivity index (χ4v) is 1.99. The molecule has 0 aliphatic carbocycles. The molecule has 2 aromatic rings. The SMILES string of the molecule is Cc1cccc(/C=N/NC(=O)CNC(=O)c2ccc(Cl)cc2)c1O. The van der Waals surface area contributed by atoms with Gasteiger partial charge in [0.25, 0.3) is 11.8 Å². The van der Waals surface area contributed by atoms with Gasteiger partial charge in [0.05, 0.1) is 12.8 Å². The number of aryl methyl sites for hydroxylation is 1. The molecular weight excluding hydrogens is 330 g/mol. The van der Waals surface area contributed by atoms with E-state index in [1.54, 1.807) is 49.4 Å². The van der Waals surface area contributed by atoms with Crippen LogP contribution < -0.4 is 10.7 Å². The number of aromatic hydroxyl groups is 1. The number of carbonyl (C=O) groups excluding carboxylic acids is 2. The van der Waals surface area contributed by atoms with Gasteiger partial charge in [-0.15, -0.1) is 0 Å². The van der Waals surface area contributed by atoms with E-state index < -0.39 is 5.91 Å². The highest BCUT2D eigenvalue weighted by molar-refractivity contribution is 6.30. The third-order valence-electron chi connectivity index (χ3n) is 3.18. The average molecular weight is 346 g/mol. The lowest BCUT2D eigenvalue weighted by molar-refractivity contribution is -0.120. The smallest absolute Gasteiger partial charge is 0.259 e. The number of para-hydroxylation sites is 1. The van der Waals surface area contributed by atoms with Crippen LogP contribution in [0.5, 0.6) is 5.75 Å². The summed E-state index contributed by atoms with van der Waals surface area (Å²) in [5.41, 5.74) is 3.88. The van der Waals surface area contributed by atoms with Crippen molar-refractivity contribution < 1.29 is 14.7 Å². The Morgan fingerprint density at radius 3 is 2.62 bits per heavy atom. The summed E-state index contributed by atoms with van der Waals surface area (Å²) in [6, 6.07) is 11.5. The van der Waals surface area contributed by atoms with E-state index in [1.165, 1.54) is 6.21 Å². The zero-order chi connectivity index (χ0) is 17.5. The summed E-state index contributed by atoms with van der Waals surface area (Å²) in [5.74, 6) is -0.769. The number of nitrogens with zero attached hydrogens (tertiary/aromatic N) is 1. The minimum Gasteiger partial charge on any atom is -0.507 e. The van der Waals surface area contributed by atoms with Gasteiger partial charge in [0.15, 0.2) is 0 Å². The summed E-state index contributed by atoms with van der Waals surface area (Å²) in [7, 11) is 0. The van der Waals surface area contributed by atoms with Crippen molar-refractivity contribution in [2.24, 2.45) is 5.10 Å². The lowest BCUT2D eigenvalue weighted by Crippen LogP contribution is -2.34. The van der Waals surface area contributed by atoms with Crippen molar-refractivity contribution in [1.29, 1.82) is 0 Å². The van der Waals surface area contributed by atoms with Crippen molar-refractivity contribution >= 4 is 29.6 Å². The second-order valence-electron chi connectivity index (χ2n) is 5.00. The molecule has 0 fully saturated rings. The van der Waals surface area contributed by atoms with Gasteiger partial charge in [0.2, 0.25) is 0 Å². The van der Waals surface area contributed by atoms with Crippen molar-refractivity contribution in [2.75, 3.05) is 6.54 Å². The molecule has 0 atom stereocenters. The summed E-state index contributed by atoms with van der Waals surface area (Å²) in [5, 5.41) is 16.6. The second kappa shape index (κ2) is 8.12. The highest BCUT2D eigenvalue weighted by Crippen LogP contribution is 2.19. The van der Waals surface area contributed by atoms with Gasteiger partial charge in [-0.3, -0.25) is 9.59 Å². The third-order valence-corrected chi connectivity index (χ3v) is 3.43. The van der Waals surface area contributed by atoms with E-state index >= 15 is 0 Å². The monoisotopic (exact) mass is 345 g/mol. The van der Waals surface area contributed by atoms with Crippen molar-refractivity contribution in [1.82, 2.24) is 10.7 Å². The number of carbonyl (C=O) groups is 2. The maximum atomic E-state index is 11.8. The van der Waals surface area contributed by atoms with Gasteiger partial charge >= 0.3 is 0 Å². The van der Waals surface area contributed by atoms with E-state index in [2.05, 4.69) is 15.8 Å². The fraction of sp³-hybridized carbons (Fsp3) is 0.118. The Hall–Kier alpha value is -2.86. The number of phenols is 1. The van der Waals surface area contributed by atoms with Crippen LogP contribution in [0, 0.1) is 6.92 Å². The Bertz CT molecular complexity index is 773. The van der Waals surface area contributed by atoms with Crippen LogP contribution in [0.4, 0.5) is 0 Å². The molecule has 2 amide bonds. The molecule has 24 heavy (non-hydrogen) atoms. The van der Waals surface area contributed by atoms with Gasteiger partial charge < -0.3 is 10.4 Å². The first-order valence-corrected chi connectivity index (χ1v) is 7.49. The number of phenolic OH excluding ortho intramolecular Hbond substituents is 1. The van der Waals surface area contributed by atoms with E-state index in [0.29, 0.717) is 21.7 Å². The number of benzene rings is 2. The van der Waals surface area contributed by atoms with Crippen molar-refractivity contribution in [3.63, 3.8) is 0 Å². The Balaban J connectivity index is 1.83. The number of hydrogen-bond donors (Lipinski definition) is 3. The van der Waals surface area contributed by atoms with Crippen LogP contribution in [-0.4, -0.2) is 29.7 Å². The summed E-state index contributed by atoms with van der Waals surface area (Å²) in [4.78, 5) is 23.5. The Labute approximate surface area is 144 Å². The molecule has 0 radical (unpaired) electrons. The molecule has 0 aromatic heterocycles. The van der Waals surface area contributed by atoms with Crippen molar-refractivity contribution in [3.05, 3.63) is 64.2 Å². The summed E-state index contributed by atoms with van der Waals surface area (Å²) < 4.78 is 0. The molecule has 2 aromatic carbocycles. The van der Waals surface area contributed by atoms with Crippen LogP contribution >= 0.6 is 11.6 Å². The van der Waals surface area contributed by atoms with E-state index in [4.69, 9.17) is 11.6 Å². The van der Waals surface area contributed by atoms with E-state index in [-0.39, 0.29) is 18.2 Å². The highest BCUT2D eigenvalue weighted by Gasteiger charge is 2.07. The summed E-state index contributed by atoms with van der Waals surface area (Å²) in [6.07, 6.45) is 1.33. The molecule has 0 bridgehead atoms. The van der Waals surface area contributed by atoms with E-state index in [9.17, 15) is 14.7 Å². The number of amides is 2. The van der Waals surface area contributed by atoms with Gasteiger partial charge in [-0.05, 0) is 42.8 Å². The van der Waals surface area contributed by atoms with E-state index in [0.717, 1.165) is 0 Å². The van der Waals surface area contributed by atoms with Gasteiger partial charge in [0, 0.05) is 16.1 Å². The third kappa shape index (κ3) is 4.82. The lowest BCUT2D eigenvalue weighted by Gasteiger charge is -2.05. The Morgan fingerprint density at radius 2 is 1.92 bits per heavy atom. The summed E-state index contributed by atoms with van der Waals surface area (Å²) >= 11 is 5.74. The molecule has 0 heterocycles. The first-order chi connectivity index (χ1) is 11.5. The molecule has 0 spiro atoms. The van der Waals surface area contributed by atoms with Crippen LogP contribution in [0.1, 0.15) is 21.5 Å². The topological polar surface area (TPSA) is 90.8 Å². The fourth-order valence-electron chi connectivity index (χ4n) is 1.86. The molecule has 0 aliphatic heterocycles. The first-order valence-electron chi connectivity index (χ1n) is 7.11. The molecule has 0 saturated carbocycles. The lowest BCUT2D eigenvalue weighted by atomic mass is 10.1. The number of hydrogen-bond acceptors (Lipinski definition) is 4. The molecule has 0 unspecified atom stereocenters. The quantitative estimate of drug-likeness (QED) is 0.573. The number of nitrogens with one attached hydrogen (secondary N) is 2. The highest BCUT2D eigenvalue weighted by atomic mass is 35.5. The zero-order valence-electron chi connectivity index (χ0n) is 12.9. The van der Waals surface area contributed by atoms with Crippen LogP contribution in [-0.2, 0) is 4.79 Å². The Kier molecular flexibility index (Phi) is 5.92. The van der Waals surface area contributed by atoms with Crippen LogP contribution in [0.2, 0.25) is 5.02 Å². The second-order valence-corrected chi connectivity index (χ2v) is 5.43. The van der Waals surface area contributed by atoms with Gasteiger partial charge in [-0.25, -0.2) is 5.43 Å². The molecule has 0 aliphatic rings. The van der Waals surface area contributed by atoms with Gasteiger partial charge in [-0.2, -0.15) is 5.10 Å². The molecule has 7 heteroatoms. The number of hydrazone groups is 1. The molecule has 6 nitrogen and oxygen atoms in total. The van der Waals surface area contributed by atoms with Crippen molar-refractivity contribution in [3.8, 4) is 5.75 Å². The van der Waals surface area contributed by atoms with Crippen LogP contribution in [0.25, 0.3) is 0 Å². The molecule has 2 rings (SSSR count). The maximum absolute atomic E-state index is 11.8. The largest absolute Gasteiger partial charge is 0.507 e. The van der Waals surface area contributed by atoms with Crippen LogP contribution in [0.3, 0.4) is 0 Å². The minimum absolute atomic E-state index is 0.103. The molecule has 0 saturated heterocycles. The Morgan fingerprint density at radius 1 is 1.21 bits per heavy atom. The van der Waals surface area contributed by atoms with E-state index in [1.807, 2.05) is 0 Å². The first kappa shape index (κ1) is 17.5. The summed E-state index contributed by atoms with van der Waals surface area (Å²) in [6.45, 7) is 1.54. The number of rotatable bonds is 5. The molecular formula is C17H16ClN3O3. The molecule has 3 N–H and O–H groups in total. The standard InChI is InChI=1S/C17H16ClN3O3/c1-11-3-2-4-13(16(11)23)9-20-21-15(22)10-19-17(24)12-5-7-14(18)8-6-12/h2-9,23H,10H2,1H3,(H,19,24)(H,21,22)/b20-9+. The predicted molar refractivity (Wildman–Crippen MR) is 92.4 cm³/mol. The molecule has 124 valence electrons. The van der Waals surface area contributed by atoms with Gasteiger partial charge in [-0.1, -0.05) is 23.7 Å². The zero-order valence-corrected chi connectivity index (χ0v) is 13.7. The van der Waals surface area contributed by atoms with Crippen LogP contribution in [0.15, 0.2) is 47.6 Å². The van der Waals surface area contributed by atoms with Gasteiger partial charge in [0.1, 0.15) is 5.75 Å². The minimum atomic E-state index is -0.485.